The highest BCUT2D eigenvalue weighted by atomic mass is 35.5. The number of hydrogen-bond acceptors (Lipinski definition) is 2. The second-order valence-electron chi connectivity index (χ2n) is 3.89. The first kappa shape index (κ1) is 12.7. The summed E-state index contributed by atoms with van der Waals surface area (Å²) in [6.07, 6.45) is 0.278. The van der Waals surface area contributed by atoms with E-state index in [9.17, 15) is 4.79 Å². The first-order valence-electron chi connectivity index (χ1n) is 5.62. The van der Waals surface area contributed by atoms with Crippen LogP contribution in [0.2, 0.25) is 5.02 Å². The number of benzene rings is 2. The second kappa shape index (κ2) is 5.69. The number of para-hydroxylation sites is 1. The summed E-state index contributed by atoms with van der Waals surface area (Å²) in [7, 11) is 1.56. The SMILES string of the molecule is COc1ccccc1C(=O)Cc1ccccc1Cl. The molecule has 92 valence electrons. The fraction of sp³-hybridized carbons (Fsp3) is 0.133. The molecular formula is C15H13ClO2. The van der Waals surface area contributed by atoms with Crippen molar-refractivity contribution in [2.45, 2.75) is 6.42 Å². The Hall–Kier alpha value is -1.80. The number of carbonyl (C=O) groups excluding carboxylic acids is 1. The molecule has 2 aromatic carbocycles. The molecule has 0 aliphatic heterocycles. The van der Waals surface area contributed by atoms with E-state index in [4.69, 9.17) is 16.3 Å². The Morgan fingerprint density at radius 3 is 2.50 bits per heavy atom. The Morgan fingerprint density at radius 1 is 1.11 bits per heavy atom. The van der Waals surface area contributed by atoms with Gasteiger partial charge in [0.15, 0.2) is 5.78 Å². The summed E-state index contributed by atoms with van der Waals surface area (Å²) >= 11 is 6.05. The third-order valence-electron chi connectivity index (χ3n) is 2.72. The van der Waals surface area contributed by atoms with E-state index < -0.39 is 0 Å². The molecular weight excluding hydrogens is 248 g/mol. The van der Waals surface area contributed by atoms with Gasteiger partial charge in [-0.3, -0.25) is 4.79 Å². The molecule has 0 unspecified atom stereocenters. The van der Waals surface area contributed by atoms with Crippen molar-refractivity contribution in [2.24, 2.45) is 0 Å². The van der Waals surface area contributed by atoms with Gasteiger partial charge in [0.25, 0.3) is 0 Å². The third-order valence-corrected chi connectivity index (χ3v) is 3.08. The highest BCUT2D eigenvalue weighted by molar-refractivity contribution is 6.31. The number of rotatable bonds is 4. The quantitative estimate of drug-likeness (QED) is 0.782. The number of halogens is 1. The van der Waals surface area contributed by atoms with Crippen molar-refractivity contribution in [3.63, 3.8) is 0 Å². The molecule has 0 bridgehead atoms. The van der Waals surface area contributed by atoms with Crippen LogP contribution in [-0.2, 0) is 6.42 Å². The first-order chi connectivity index (χ1) is 8.72. The number of Topliss-reactive ketones (excluding diaryl/α,β-unsaturated/α-hetero) is 1. The van der Waals surface area contributed by atoms with Gasteiger partial charge in [-0.15, -0.1) is 0 Å². The van der Waals surface area contributed by atoms with Crippen LogP contribution >= 0.6 is 11.6 Å². The maximum Gasteiger partial charge on any atom is 0.171 e. The summed E-state index contributed by atoms with van der Waals surface area (Å²) in [5.74, 6) is 0.593. The molecule has 0 saturated carbocycles. The third kappa shape index (κ3) is 2.71. The van der Waals surface area contributed by atoms with E-state index in [1.54, 1.807) is 25.3 Å². The number of carbonyl (C=O) groups is 1. The smallest absolute Gasteiger partial charge is 0.171 e. The first-order valence-corrected chi connectivity index (χ1v) is 6.00. The Bertz CT molecular complexity index is 564. The van der Waals surface area contributed by atoms with Gasteiger partial charge >= 0.3 is 0 Å². The van der Waals surface area contributed by atoms with Crippen molar-refractivity contribution in [3.05, 3.63) is 64.7 Å². The zero-order chi connectivity index (χ0) is 13.0. The van der Waals surface area contributed by atoms with E-state index in [-0.39, 0.29) is 12.2 Å². The van der Waals surface area contributed by atoms with Crippen molar-refractivity contribution in [1.82, 2.24) is 0 Å². The monoisotopic (exact) mass is 260 g/mol. The minimum absolute atomic E-state index is 0.000509. The molecule has 0 fully saturated rings. The molecule has 2 rings (SSSR count). The van der Waals surface area contributed by atoms with Crippen molar-refractivity contribution >= 4 is 17.4 Å². The molecule has 0 atom stereocenters. The maximum atomic E-state index is 12.2. The van der Waals surface area contributed by atoms with Crippen LogP contribution in [0.3, 0.4) is 0 Å². The molecule has 0 aromatic heterocycles. The van der Waals surface area contributed by atoms with Gasteiger partial charge in [-0.25, -0.2) is 0 Å². The second-order valence-corrected chi connectivity index (χ2v) is 4.30. The van der Waals surface area contributed by atoms with Crippen LogP contribution in [0.4, 0.5) is 0 Å². The van der Waals surface area contributed by atoms with E-state index in [1.807, 2.05) is 30.3 Å². The molecule has 0 saturated heterocycles. The molecule has 0 N–H and O–H groups in total. The molecule has 0 radical (unpaired) electrons. The predicted molar refractivity (Wildman–Crippen MR) is 72.5 cm³/mol. The molecule has 0 spiro atoms. The highest BCUT2D eigenvalue weighted by Gasteiger charge is 2.13. The minimum atomic E-state index is 0.000509. The van der Waals surface area contributed by atoms with Crippen LogP contribution in [0.15, 0.2) is 48.5 Å². The van der Waals surface area contributed by atoms with E-state index in [1.165, 1.54) is 0 Å². The summed E-state index contributed by atoms with van der Waals surface area (Å²) in [4.78, 5) is 12.2. The number of ketones is 1. The Balaban J connectivity index is 2.25. The van der Waals surface area contributed by atoms with Crippen molar-refractivity contribution in [1.29, 1.82) is 0 Å². The lowest BCUT2D eigenvalue weighted by Crippen LogP contribution is -2.06. The average molecular weight is 261 g/mol. The van der Waals surface area contributed by atoms with Gasteiger partial charge in [-0.05, 0) is 23.8 Å². The van der Waals surface area contributed by atoms with Gasteiger partial charge in [0.2, 0.25) is 0 Å². The molecule has 0 aliphatic rings. The highest BCUT2D eigenvalue weighted by Crippen LogP contribution is 2.22. The Kier molecular flexibility index (Phi) is 4.00. The van der Waals surface area contributed by atoms with Crippen LogP contribution in [-0.4, -0.2) is 12.9 Å². The fourth-order valence-corrected chi connectivity index (χ4v) is 1.99. The molecule has 18 heavy (non-hydrogen) atoms. The number of methoxy groups -OCH3 is 1. The molecule has 2 aromatic rings. The summed E-state index contributed by atoms with van der Waals surface area (Å²) in [5.41, 5.74) is 1.41. The maximum absolute atomic E-state index is 12.2. The van der Waals surface area contributed by atoms with Crippen LogP contribution in [0, 0.1) is 0 Å². The van der Waals surface area contributed by atoms with E-state index >= 15 is 0 Å². The normalized spacial score (nSPS) is 10.1. The average Bonchev–Trinajstić information content (AvgIpc) is 2.41. The Labute approximate surface area is 111 Å². The Morgan fingerprint density at radius 2 is 1.78 bits per heavy atom. The molecule has 0 heterocycles. The van der Waals surface area contributed by atoms with E-state index in [2.05, 4.69) is 0 Å². The largest absolute Gasteiger partial charge is 0.496 e. The van der Waals surface area contributed by atoms with Gasteiger partial charge in [0.1, 0.15) is 5.75 Å². The van der Waals surface area contributed by atoms with Crippen molar-refractivity contribution in [3.8, 4) is 5.75 Å². The van der Waals surface area contributed by atoms with Crippen LogP contribution in [0.5, 0.6) is 5.75 Å². The predicted octanol–water partition coefficient (Wildman–Crippen LogP) is 3.77. The summed E-state index contributed by atoms with van der Waals surface area (Å²) in [6, 6.07) is 14.6. The molecule has 0 amide bonds. The molecule has 3 heteroatoms. The fourth-order valence-electron chi connectivity index (χ4n) is 1.78. The van der Waals surface area contributed by atoms with Gasteiger partial charge in [0, 0.05) is 11.4 Å². The minimum Gasteiger partial charge on any atom is -0.496 e. The molecule has 0 aliphatic carbocycles. The van der Waals surface area contributed by atoms with Crippen molar-refractivity contribution in [2.75, 3.05) is 7.11 Å². The van der Waals surface area contributed by atoms with Crippen LogP contribution in [0.25, 0.3) is 0 Å². The zero-order valence-corrected chi connectivity index (χ0v) is 10.8. The summed E-state index contributed by atoms with van der Waals surface area (Å²) in [6.45, 7) is 0. The van der Waals surface area contributed by atoms with Crippen LogP contribution in [0.1, 0.15) is 15.9 Å². The molecule has 2 nitrogen and oxygen atoms in total. The summed E-state index contributed by atoms with van der Waals surface area (Å²) < 4.78 is 5.18. The van der Waals surface area contributed by atoms with Gasteiger partial charge < -0.3 is 4.74 Å². The lowest BCUT2D eigenvalue weighted by molar-refractivity contribution is 0.0990. The van der Waals surface area contributed by atoms with E-state index in [0.717, 1.165) is 5.56 Å². The zero-order valence-electron chi connectivity index (χ0n) is 10.0. The lowest BCUT2D eigenvalue weighted by atomic mass is 10.0. The standard InChI is InChI=1S/C15H13ClO2/c1-18-15-9-5-3-7-12(15)14(17)10-11-6-2-4-8-13(11)16/h2-9H,10H2,1H3. The number of hydrogen-bond donors (Lipinski definition) is 0. The van der Waals surface area contributed by atoms with Gasteiger partial charge in [-0.1, -0.05) is 41.9 Å². The summed E-state index contributed by atoms with van der Waals surface area (Å²) in [5, 5.41) is 0.612. The lowest BCUT2D eigenvalue weighted by Gasteiger charge is -2.08. The van der Waals surface area contributed by atoms with E-state index in [0.29, 0.717) is 16.3 Å². The topological polar surface area (TPSA) is 26.3 Å². The number of ether oxygens (including phenoxy) is 1. The van der Waals surface area contributed by atoms with Crippen LogP contribution < -0.4 is 4.74 Å². The van der Waals surface area contributed by atoms with Crippen molar-refractivity contribution < 1.29 is 9.53 Å². The van der Waals surface area contributed by atoms with Gasteiger partial charge in [-0.2, -0.15) is 0 Å². The van der Waals surface area contributed by atoms with Gasteiger partial charge in [0.05, 0.1) is 12.7 Å².